The van der Waals surface area contributed by atoms with Crippen molar-refractivity contribution in [3.63, 3.8) is 0 Å². The minimum atomic E-state index is 0.0225. The highest BCUT2D eigenvalue weighted by atomic mass is 32.2. The van der Waals surface area contributed by atoms with Crippen LogP contribution in [-0.4, -0.2) is 40.0 Å². The molecule has 0 spiro atoms. The molecular formula is C17H27N3OS. The van der Waals surface area contributed by atoms with Gasteiger partial charge in [-0.15, -0.1) is 0 Å². The number of urea groups is 1. The largest absolute Gasteiger partial charge is 0.322 e. The molecule has 0 unspecified atom stereocenters. The minimum absolute atomic E-state index is 0.0225. The van der Waals surface area contributed by atoms with Gasteiger partial charge in [0, 0.05) is 24.0 Å². The number of aryl methyl sites for hydroxylation is 1. The number of pyridine rings is 1. The molecule has 2 rings (SSSR count). The molecule has 0 bridgehead atoms. The molecule has 1 fully saturated rings. The van der Waals surface area contributed by atoms with E-state index >= 15 is 0 Å². The van der Waals surface area contributed by atoms with Crippen molar-refractivity contribution in [2.24, 2.45) is 0 Å². The summed E-state index contributed by atoms with van der Waals surface area (Å²) in [6.45, 7) is 4.93. The molecular weight excluding hydrogens is 294 g/mol. The predicted molar refractivity (Wildman–Crippen MR) is 94.6 cm³/mol. The molecule has 1 aliphatic carbocycles. The Balaban J connectivity index is 1.98. The number of aromatic nitrogens is 1. The SMILES string of the molecule is CCSCCN(C(=O)Nc1ccc(C)nc1)C1CCCCC1. The van der Waals surface area contributed by atoms with Gasteiger partial charge >= 0.3 is 6.03 Å². The van der Waals surface area contributed by atoms with Crippen LogP contribution < -0.4 is 5.32 Å². The van der Waals surface area contributed by atoms with Crippen LogP contribution in [0.5, 0.6) is 0 Å². The number of rotatable bonds is 6. The lowest BCUT2D eigenvalue weighted by molar-refractivity contribution is 0.172. The van der Waals surface area contributed by atoms with E-state index in [9.17, 15) is 4.79 Å². The van der Waals surface area contributed by atoms with Gasteiger partial charge in [0.15, 0.2) is 0 Å². The molecule has 4 nitrogen and oxygen atoms in total. The molecule has 1 N–H and O–H groups in total. The van der Waals surface area contributed by atoms with Crippen molar-refractivity contribution in [2.45, 2.75) is 52.0 Å². The van der Waals surface area contributed by atoms with Crippen molar-refractivity contribution in [1.82, 2.24) is 9.88 Å². The molecule has 0 radical (unpaired) electrons. The number of carbonyl (C=O) groups is 1. The molecule has 0 saturated heterocycles. The van der Waals surface area contributed by atoms with Crippen molar-refractivity contribution >= 4 is 23.5 Å². The van der Waals surface area contributed by atoms with Crippen LogP contribution in [0.1, 0.15) is 44.7 Å². The van der Waals surface area contributed by atoms with Gasteiger partial charge in [0.25, 0.3) is 0 Å². The number of anilines is 1. The maximum absolute atomic E-state index is 12.7. The Bertz CT molecular complexity index is 457. The second-order valence-electron chi connectivity index (χ2n) is 5.80. The molecule has 1 aromatic heterocycles. The minimum Gasteiger partial charge on any atom is -0.321 e. The van der Waals surface area contributed by atoms with Crippen LogP contribution in [0, 0.1) is 6.92 Å². The van der Waals surface area contributed by atoms with Gasteiger partial charge in [-0.25, -0.2) is 4.79 Å². The highest BCUT2D eigenvalue weighted by molar-refractivity contribution is 7.99. The van der Waals surface area contributed by atoms with Crippen LogP contribution >= 0.6 is 11.8 Å². The highest BCUT2D eigenvalue weighted by Crippen LogP contribution is 2.23. The topological polar surface area (TPSA) is 45.2 Å². The van der Waals surface area contributed by atoms with E-state index < -0.39 is 0 Å². The van der Waals surface area contributed by atoms with Gasteiger partial charge in [0.2, 0.25) is 0 Å². The third-order valence-electron chi connectivity index (χ3n) is 4.12. The van der Waals surface area contributed by atoms with Crippen LogP contribution in [0.4, 0.5) is 10.5 Å². The first-order valence-electron chi connectivity index (χ1n) is 8.28. The fourth-order valence-corrected chi connectivity index (χ4v) is 3.50. The molecule has 0 aromatic carbocycles. The Hall–Kier alpha value is -1.23. The summed E-state index contributed by atoms with van der Waals surface area (Å²) < 4.78 is 0. The van der Waals surface area contributed by atoms with Crippen LogP contribution in [-0.2, 0) is 0 Å². The monoisotopic (exact) mass is 321 g/mol. The summed E-state index contributed by atoms with van der Waals surface area (Å²) in [5.41, 5.74) is 1.74. The average molecular weight is 321 g/mol. The molecule has 1 heterocycles. The van der Waals surface area contributed by atoms with Crippen LogP contribution in [0.3, 0.4) is 0 Å². The first-order valence-corrected chi connectivity index (χ1v) is 9.44. The van der Waals surface area contributed by atoms with Crippen molar-refractivity contribution < 1.29 is 4.79 Å². The number of nitrogens with one attached hydrogen (secondary N) is 1. The van der Waals surface area contributed by atoms with E-state index in [1.165, 1.54) is 19.3 Å². The molecule has 1 aromatic rings. The summed E-state index contributed by atoms with van der Waals surface area (Å²) in [4.78, 5) is 19.0. The third kappa shape index (κ3) is 5.20. The summed E-state index contributed by atoms with van der Waals surface area (Å²) in [5.74, 6) is 2.11. The second-order valence-corrected chi connectivity index (χ2v) is 7.19. The number of amides is 2. The van der Waals surface area contributed by atoms with E-state index in [0.717, 1.165) is 42.3 Å². The third-order valence-corrected chi connectivity index (χ3v) is 5.00. The summed E-state index contributed by atoms with van der Waals surface area (Å²) in [6.07, 6.45) is 7.78. The summed E-state index contributed by atoms with van der Waals surface area (Å²) in [7, 11) is 0. The molecule has 122 valence electrons. The number of hydrogen-bond donors (Lipinski definition) is 1. The van der Waals surface area contributed by atoms with Gasteiger partial charge in [0.05, 0.1) is 11.9 Å². The van der Waals surface area contributed by atoms with Gasteiger partial charge in [-0.3, -0.25) is 4.98 Å². The van der Waals surface area contributed by atoms with E-state index in [1.807, 2.05) is 35.7 Å². The number of hydrogen-bond acceptors (Lipinski definition) is 3. The lowest BCUT2D eigenvalue weighted by atomic mass is 9.94. The quantitative estimate of drug-likeness (QED) is 0.794. The Morgan fingerprint density at radius 1 is 1.36 bits per heavy atom. The maximum atomic E-state index is 12.7. The van der Waals surface area contributed by atoms with Gasteiger partial charge in [-0.05, 0) is 37.7 Å². The maximum Gasteiger partial charge on any atom is 0.322 e. The number of nitrogens with zero attached hydrogens (tertiary/aromatic N) is 2. The van der Waals surface area contributed by atoms with Crippen LogP contribution in [0.2, 0.25) is 0 Å². The van der Waals surface area contributed by atoms with Crippen LogP contribution in [0.25, 0.3) is 0 Å². The van der Waals surface area contributed by atoms with Crippen molar-refractivity contribution in [1.29, 1.82) is 0 Å². The molecule has 0 aliphatic heterocycles. The highest BCUT2D eigenvalue weighted by Gasteiger charge is 2.25. The number of carbonyl (C=O) groups excluding carboxylic acids is 1. The lowest BCUT2D eigenvalue weighted by Crippen LogP contribution is -2.45. The summed E-state index contributed by atoms with van der Waals surface area (Å²) in [5, 5.41) is 3.01. The van der Waals surface area contributed by atoms with E-state index in [4.69, 9.17) is 0 Å². The van der Waals surface area contributed by atoms with Gasteiger partial charge < -0.3 is 10.2 Å². The van der Waals surface area contributed by atoms with Crippen molar-refractivity contribution in [3.8, 4) is 0 Å². The van der Waals surface area contributed by atoms with E-state index in [2.05, 4.69) is 17.2 Å². The zero-order valence-electron chi connectivity index (χ0n) is 13.7. The molecule has 5 heteroatoms. The normalized spacial score (nSPS) is 15.5. The average Bonchev–Trinajstić information content (AvgIpc) is 2.54. The first kappa shape index (κ1) is 17.1. The van der Waals surface area contributed by atoms with E-state index in [0.29, 0.717) is 6.04 Å². The van der Waals surface area contributed by atoms with Gasteiger partial charge in [0.1, 0.15) is 0 Å². The molecule has 2 amide bonds. The second kappa shape index (κ2) is 9.03. The van der Waals surface area contributed by atoms with Gasteiger partial charge in [-0.1, -0.05) is 26.2 Å². The van der Waals surface area contributed by atoms with Gasteiger partial charge in [-0.2, -0.15) is 11.8 Å². The Labute approximate surface area is 138 Å². The predicted octanol–water partition coefficient (Wildman–Crippen LogP) is 4.31. The summed E-state index contributed by atoms with van der Waals surface area (Å²) >= 11 is 1.89. The van der Waals surface area contributed by atoms with Crippen molar-refractivity contribution in [2.75, 3.05) is 23.4 Å². The van der Waals surface area contributed by atoms with Crippen LogP contribution in [0.15, 0.2) is 18.3 Å². The Morgan fingerprint density at radius 3 is 2.77 bits per heavy atom. The molecule has 1 aliphatic rings. The smallest absolute Gasteiger partial charge is 0.321 e. The standard InChI is InChI=1S/C17H27N3OS/c1-3-22-12-11-20(16-7-5-4-6-8-16)17(21)19-15-10-9-14(2)18-13-15/h9-10,13,16H,3-8,11-12H2,1-2H3,(H,19,21). The fraction of sp³-hybridized carbons (Fsp3) is 0.647. The van der Waals surface area contributed by atoms with Crippen molar-refractivity contribution in [3.05, 3.63) is 24.0 Å². The van der Waals surface area contributed by atoms with E-state index in [-0.39, 0.29) is 6.03 Å². The number of thioether (sulfide) groups is 1. The zero-order chi connectivity index (χ0) is 15.8. The Kier molecular flexibility index (Phi) is 7.03. The fourth-order valence-electron chi connectivity index (χ4n) is 2.89. The van der Waals surface area contributed by atoms with E-state index in [1.54, 1.807) is 6.20 Å². The zero-order valence-corrected chi connectivity index (χ0v) is 14.5. The molecule has 1 saturated carbocycles. The molecule has 0 atom stereocenters. The Morgan fingerprint density at radius 2 is 2.14 bits per heavy atom. The first-order chi connectivity index (χ1) is 10.7. The summed E-state index contributed by atoms with van der Waals surface area (Å²) in [6, 6.07) is 4.26. The lowest BCUT2D eigenvalue weighted by Gasteiger charge is -2.34. The molecule has 22 heavy (non-hydrogen) atoms.